The van der Waals surface area contributed by atoms with E-state index in [4.69, 9.17) is 10.8 Å². The number of urea groups is 1. The number of rotatable bonds is 4. The molecule has 0 radical (unpaired) electrons. The summed E-state index contributed by atoms with van der Waals surface area (Å²) in [4.78, 5) is 22.1. The summed E-state index contributed by atoms with van der Waals surface area (Å²) in [7, 11) is 0. The Hall–Kier alpha value is -1.30. The summed E-state index contributed by atoms with van der Waals surface area (Å²) in [6.07, 6.45) is 2.92. The fourth-order valence-corrected chi connectivity index (χ4v) is 1.97. The van der Waals surface area contributed by atoms with E-state index >= 15 is 0 Å². The van der Waals surface area contributed by atoms with Crippen LogP contribution < -0.4 is 16.4 Å². The molecule has 5 N–H and O–H groups in total. The minimum Gasteiger partial charge on any atom is -0.481 e. The van der Waals surface area contributed by atoms with Crippen LogP contribution in [0.5, 0.6) is 0 Å². The monoisotopic (exact) mass is 229 g/mol. The maximum absolute atomic E-state index is 11.3. The summed E-state index contributed by atoms with van der Waals surface area (Å²) in [6.45, 7) is 0.830. The van der Waals surface area contributed by atoms with Crippen molar-refractivity contribution in [3.05, 3.63) is 0 Å². The molecular formula is C10H19N3O3. The maximum Gasteiger partial charge on any atom is 0.315 e. The molecule has 0 spiro atoms. The van der Waals surface area contributed by atoms with Crippen molar-refractivity contribution in [1.82, 2.24) is 10.6 Å². The summed E-state index contributed by atoms with van der Waals surface area (Å²) in [5, 5.41) is 14.3. The van der Waals surface area contributed by atoms with Crippen LogP contribution in [0.15, 0.2) is 0 Å². The number of carbonyl (C=O) groups excluding carboxylic acids is 1. The fraction of sp³-hybridized carbons (Fsp3) is 0.800. The molecule has 0 aromatic heterocycles. The van der Waals surface area contributed by atoms with E-state index in [1.54, 1.807) is 0 Å². The van der Waals surface area contributed by atoms with Gasteiger partial charge in [0.05, 0.1) is 5.92 Å². The van der Waals surface area contributed by atoms with Crippen molar-refractivity contribution in [2.45, 2.75) is 31.7 Å². The first-order valence-corrected chi connectivity index (χ1v) is 5.60. The van der Waals surface area contributed by atoms with Crippen molar-refractivity contribution in [3.8, 4) is 0 Å². The summed E-state index contributed by atoms with van der Waals surface area (Å²) in [5.74, 6) is -1.09. The van der Waals surface area contributed by atoms with Crippen molar-refractivity contribution < 1.29 is 14.7 Å². The number of aliphatic carboxylic acids is 1. The molecule has 1 saturated carbocycles. The Balaban J connectivity index is 2.31. The molecule has 1 aliphatic carbocycles. The van der Waals surface area contributed by atoms with Gasteiger partial charge in [-0.25, -0.2) is 4.79 Å². The van der Waals surface area contributed by atoms with Crippen LogP contribution in [0.25, 0.3) is 0 Å². The number of nitrogens with two attached hydrogens (primary N) is 1. The van der Waals surface area contributed by atoms with Gasteiger partial charge in [-0.15, -0.1) is 0 Å². The molecule has 2 atom stereocenters. The number of carbonyl (C=O) groups is 2. The first-order valence-electron chi connectivity index (χ1n) is 5.60. The van der Waals surface area contributed by atoms with E-state index in [1.165, 1.54) is 0 Å². The van der Waals surface area contributed by atoms with Gasteiger partial charge in [0.2, 0.25) is 0 Å². The fourth-order valence-electron chi connectivity index (χ4n) is 1.97. The molecule has 6 heteroatoms. The van der Waals surface area contributed by atoms with Gasteiger partial charge in [-0.3, -0.25) is 4.79 Å². The van der Waals surface area contributed by atoms with Crippen LogP contribution in [0.2, 0.25) is 0 Å². The summed E-state index contributed by atoms with van der Waals surface area (Å²) < 4.78 is 0. The number of hydrogen-bond donors (Lipinski definition) is 4. The highest BCUT2D eigenvalue weighted by Crippen LogP contribution is 2.24. The smallest absolute Gasteiger partial charge is 0.315 e. The van der Waals surface area contributed by atoms with E-state index in [2.05, 4.69) is 10.6 Å². The third-order valence-corrected chi connectivity index (χ3v) is 2.79. The van der Waals surface area contributed by atoms with E-state index < -0.39 is 5.97 Å². The minimum absolute atomic E-state index is 0.0346. The Labute approximate surface area is 94.6 Å². The Kier molecular flexibility index (Phi) is 5.04. The van der Waals surface area contributed by atoms with Gasteiger partial charge in [-0.05, 0) is 19.3 Å². The second-order valence-corrected chi connectivity index (χ2v) is 4.09. The molecule has 0 bridgehead atoms. The van der Waals surface area contributed by atoms with Crippen LogP contribution in [-0.2, 0) is 4.79 Å². The summed E-state index contributed by atoms with van der Waals surface area (Å²) in [6, 6.07) is -0.297. The number of hydrogen-bond acceptors (Lipinski definition) is 3. The standard InChI is InChI=1S/C10H19N3O3/c11-4-5-12-10(16)13-8-3-1-2-7(6-8)9(14)15/h7-8H,1-6,11H2,(H,14,15)(H2,12,13,16). The lowest BCUT2D eigenvalue weighted by molar-refractivity contribution is -0.143. The molecule has 1 rings (SSSR count). The van der Waals surface area contributed by atoms with Crippen LogP contribution in [0, 0.1) is 5.92 Å². The minimum atomic E-state index is -0.770. The van der Waals surface area contributed by atoms with E-state index in [9.17, 15) is 9.59 Å². The normalized spacial score (nSPS) is 24.8. The van der Waals surface area contributed by atoms with Crippen LogP contribution in [-0.4, -0.2) is 36.2 Å². The molecule has 0 heterocycles. The van der Waals surface area contributed by atoms with E-state index in [0.29, 0.717) is 25.9 Å². The number of carboxylic acids is 1. The van der Waals surface area contributed by atoms with E-state index in [-0.39, 0.29) is 18.0 Å². The first kappa shape index (κ1) is 12.8. The summed E-state index contributed by atoms with van der Waals surface area (Å²) in [5.41, 5.74) is 5.25. The number of carboxylic acid groups (broad SMARTS) is 1. The molecule has 0 aromatic carbocycles. The lowest BCUT2D eigenvalue weighted by Crippen LogP contribution is -2.46. The quantitative estimate of drug-likeness (QED) is 0.539. The van der Waals surface area contributed by atoms with E-state index in [0.717, 1.165) is 12.8 Å². The lowest BCUT2D eigenvalue weighted by atomic mass is 9.86. The summed E-state index contributed by atoms with van der Waals surface area (Å²) >= 11 is 0. The zero-order valence-corrected chi connectivity index (χ0v) is 9.24. The molecule has 0 aliphatic heterocycles. The second-order valence-electron chi connectivity index (χ2n) is 4.09. The van der Waals surface area contributed by atoms with Gasteiger partial charge in [0.25, 0.3) is 0 Å². The molecule has 2 amide bonds. The van der Waals surface area contributed by atoms with Crippen molar-refractivity contribution in [3.63, 3.8) is 0 Å². The van der Waals surface area contributed by atoms with Gasteiger partial charge in [-0.1, -0.05) is 6.42 Å². The highest BCUT2D eigenvalue weighted by molar-refractivity contribution is 5.74. The zero-order chi connectivity index (χ0) is 12.0. The van der Waals surface area contributed by atoms with Gasteiger partial charge in [0, 0.05) is 19.1 Å². The highest BCUT2D eigenvalue weighted by atomic mass is 16.4. The van der Waals surface area contributed by atoms with Gasteiger partial charge < -0.3 is 21.5 Å². The van der Waals surface area contributed by atoms with Gasteiger partial charge in [0.1, 0.15) is 0 Å². The molecule has 0 aromatic rings. The topological polar surface area (TPSA) is 104 Å². The van der Waals surface area contributed by atoms with Crippen LogP contribution in [0.1, 0.15) is 25.7 Å². The highest BCUT2D eigenvalue weighted by Gasteiger charge is 2.27. The molecule has 92 valence electrons. The molecule has 1 fully saturated rings. The second kappa shape index (κ2) is 6.32. The van der Waals surface area contributed by atoms with Crippen molar-refractivity contribution in [1.29, 1.82) is 0 Å². The maximum atomic E-state index is 11.3. The van der Waals surface area contributed by atoms with Crippen molar-refractivity contribution >= 4 is 12.0 Å². The Morgan fingerprint density at radius 1 is 1.38 bits per heavy atom. The molecule has 16 heavy (non-hydrogen) atoms. The van der Waals surface area contributed by atoms with Crippen molar-refractivity contribution in [2.24, 2.45) is 11.7 Å². The van der Waals surface area contributed by atoms with Crippen molar-refractivity contribution in [2.75, 3.05) is 13.1 Å². The molecule has 0 saturated heterocycles. The number of nitrogens with one attached hydrogen (secondary N) is 2. The van der Waals surface area contributed by atoms with Crippen LogP contribution in [0.3, 0.4) is 0 Å². The predicted octanol–water partition coefficient (Wildman–Crippen LogP) is -0.112. The third kappa shape index (κ3) is 4.06. The average Bonchev–Trinajstić information content (AvgIpc) is 2.26. The van der Waals surface area contributed by atoms with Gasteiger partial charge >= 0.3 is 12.0 Å². The van der Waals surface area contributed by atoms with E-state index in [1.807, 2.05) is 0 Å². The SMILES string of the molecule is NCCNC(=O)NC1CCCC(C(=O)O)C1. The third-order valence-electron chi connectivity index (χ3n) is 2.79. The molecule has 6 nitrogen and oxygen atoms in total. The van der Waals surface area contributed by atoms with Gasteiger partial charge in [0.15, 0.2) is 0 Å². The Morgan fingerprint density at radius 2 is 2.12 bits per heavy atom. The predicted molar refractivity (Wildman–Crippen MR) is 59.0 cm³/mol. The largest absolute Gasteiger partial charge is 0.481 e. The molecular weight excluding hydrogens is 210 g/mol. The average molecular weight is 229 g/mol. The molecule has 1 aliphatic rings. The number of amides is 2. The zero-order valence-electron chi connectivity index (χ0n) is 9.24. The van der Waals surface area contributed by atoms with Crippen LogP contribution >= 0.6 is 0 Å². The Morgan fingerprint density at radius 3 is 2.75 bits per heavy atom. The molecule has 2 unspecified atom stereocenters. The van der Waals surface area contributed by atoms with Gasteiger partial charge in [-0.2, -0.15) is 0 Å². The first-order chi connectivity index (χ1) is 7.63. The van der Waals surface area contributed by atoms with Crippen LogP contribution in [0.4, 0.5) is 4.79 Å². The Bertz CT molecular complexity index is 258. The lowest BCUT2D eigenvalue weighted by Gasteiger charge is -2.27.